The Morgan fingerprint density at radius 2 is 1.75 bits per heavy atom. The number of hydrogen-bond donors (Lipinski definition) is 0. The normalized spacial score (nSPS) is 21.0. The van der Waals surface area contributed by atoms with Crippen molar-refractivity contribution in [2.75, 3.05) is 37.6 Å². The zero-order valence-electron chi connectivity index (χ0n) is 17.9. The van der Waals surface area contributed by atoms with Gasteiger partial charge in [0.2, 0.25) is 11.8 Å². The molecule has 0 saturated carbocycles. The molecule has 2 amide bonds. The van der Waals surface area contributed by atoms with Crippen LogP contribution in [-0.2, 0) is 9.59 Å². The highest BCUT2D eigenvalue weighted by Crippen LogP contribution is 2.29. The van der Waals surface area contributed by atoms with Crippen molar-refractivity contribution in [3.8, 4) is 0 Å². The molecule has 0 radical (unpaired) electrons. The lowest BCUT2D eigenvalue weighted by Crippen LogP contribution is -2.57. The summed E-state index contributed by atoms with van der Waals surface area (Å²) in [6.45, 7) is 11.6. The number of anilines is 1. The summed E-state index contributed by atoms with van der Waals surface area (Å²) in [5.41, 5.74) is 1.47. The predicted molar refractivity (Wildman–Crippen MR) is 113 cm³/mol. The molecule has 154 valence electrons. The van der Waals surface area contributed by atoms with Gasteiger partial charge in [0.25, 0.3) is 0 Å². The number of piperidine rings is 1. The largest absolute Gasteiger partial charge is 0.368 e. The minimum absolute atomic E-state index is 0.00478. The minimum Gasteiger partial charge on any atom is -0.368 e. The number of hydrogen-bond acceptors (Lipinski definition) is 3. The molecular formula is C23H35N3O2. The van der Waals surface area contributed by atoms with Crippen LogP contribution in [0.25, 0.3) is 0 Å². The van der Waals surface area contributed by atoms with Crippen LogP contribution >= 0.6 is 0 Å². The standard InChI is InChI=1S/C23H35N3O2/c1-5-19-10-6-7-12-26(19)22(28)23(3,4)21(27)25-15-13-24(14-16-25)20-11-8-9-18(2)17-20/h8-9,11,17,19H,5-7,10,12-16H2,1-4H3. The highest BCUT2D eigenvalue weighted by molar-refractivity contribution is 6.04. The number of carbonyl (C=O) groups is 2. The Labute approximate surface area is 169 Å². The van der Waals surface area contributed by atoms with Crippen LogP contribution in [0.1, 0.15) is 52.0 Å². The summed E-state index contributed by atoms with van der Waals surface area (Å²) < 4.78 is 0. The summed E-state index contributed by atoms with van der Waals surface area (Å²) in [5.74, 6) is -0.0213. The van der Waals surface area contributed by atoms with E-state index in [0.717, 1.165) is 38.9 Å². The molecule has 0 spiro atoms. The molecule has 0 N–H and O–H groups in total. The average Bonchev–Trinajstić information content (AvgIpc) is 2.72. The van der Waals surface area contributed by atoms with Crippen molar-refractivity contribution >= 4 is 17.5 Å². The van der Waals surface area contributed by atoms with Crippen LogP contribution in [0.3, 0.4) is 0 Å². The van der Waals surface area contributed by atoms with Crippen LogP contribution < -0.4 is 4.90 Å². The highest BCUT2D eigenvalue weighted by atomic mass is 16.2. The van der Waals surface area contributed by atoms with Gasteiger partial charge in [0, 0.05) is 44.5 Å². The molecule has 2 aliphatic rings. The maximum Gasteiger partial charge on any atom is 0.237 e. The van der Waals surface area contributed by atoms with E-state index in [1.807, 2.05) is 23.6 Å². The molecule has 1 aromatic rings. The van der Waals surface area contributed by atoms with E-state index in [2.05, 4.69) is 43.0 Å². The highest BCUT2D eigenvalue weighted by Gasteiger charge is 2.44. The lowest BCUT2D eigenvalue weighted by atomic mass is 9.86. The van der Waals surface area contributed by atoms with E-state index >= 15 is 0 Å². The Morgan fingerprint density at radius 1 is 1.04 bits per heavy atom. The summed E-state index contributed by atoms with van der Waals surface area (Å²) in [7, 11) is 0. The molecule has 5 nitrogen and oxygen atoms in total. The summed E-state index contributed by atoms with van der Waals surface area (Å²) in [5, 5.41) is 0. The minimum atomic E-state index is -0.990. The molecule has 28 heavy (non-hydrogen) atoms. The van der Waals surface area contributed by atoms with Crippen LogP contribution in [-0.4, -0.2) is 60.4 Å². The van der Waals surface area contributed by atoms with E-state index in [4.69, 9.17) is 0 Å². The molecule has 2 heterocycles. The van der Waals surface area contributed by atoms with Crippen LogP contribution in [0.5, 0.6) is 0 Å². The number of nitrogens with zero attached hydrogens (tertiary/aromatic N) is 3. The molecular weight excluding hydrogens is 350 g/mol. The monoisotopic (exact) mass is 385 g/mol. The van der Waals surface area contributed by atoms with Gasteiger partial charge in [-0.1, -0.05) is 19.1 Å². The number of carbonyl (C=O) groups excluding carboxylic acids is 2. The van der Waals surface area contributed by atoms with Crippen LogP contribution in [0.15, 0.2) is 24.3 Å². The first-order valence-electron chi connectivity index (χ1n) is 10.8. The van der Waals surface area contributed by atoms with Crippen molar-refractivity contribution in [2.24, 2.45) is 5.41 Å². The van der Waals surface area contributed by atoms with E-state index < -0.39 is 5.41 Å². The quantitative estimate of drug-likeness (QED) is 0.746. The van der Waals surface area contributed by atoms with Gasteiger partial charge in [0.05, 0.1) is 0 Å². The van der Waals surface area contributed by atoms with Crippen LogP contribution in [0.2, 0.25) is 0 Å². The molecule has 2 fully saturated rings. The first-order chi connectivity index (χ1) is 13.3. The molecule has 1 atom stereocenters. The fourth-order valence-electron chi connectivity index (χ4n) is 4.53. The smallest absolute Gasteiger partial charge is 0.237 e. The number of rotatable bonds is 4. The SMILES string of the molecule is CCC1CCCCN1C(=O)C(C)(C)C(=O)N1CCN(c2cccc(C)c2)CC1. The molecule has 0 aromatic heterocycles. The van der Waals surface area contributed by atoms with Crippen molar-refractivity contribution < 1.29 is 9.59 Å². The van der Waals surface area contributed by atoms with Gasteiger partial charge >= 0.3 is 0 Å². The number of likely N-dealkylation sites (tertiary alicyclic amines) is 1. The molecule has 5 heteroatoms. The van der Waals surface area contributed by atoms with Gasteiger partial charge in [-0.2, -0.15) is 0 Å². The van der Waals surface area contributed by atoms with E-state index in [9.17, 15) is 9.59 Å². The fourth-order valence-corrected chi connectivity index (χ4v) is 4.53. The second kappa shape index (κ2) is 8.54. The maximum atomic E-state index is 13.3. The third-order valence-corrected chi connectivity index (χ3v) is 6.36. The Balaban J connectivity index is 1.64. The third-order valence-electron chi connectivity index (χ3n) is 6.36. The second-order valence-electron chi connectivity index (χ2n) is 8.80. The third kappa shape index (κ3) is 4.18. The number of piperazine rings is 1. The van der Waals surface area contributed by atoms with Crippen molar-refractivity contribution in [3.63, 3.8) is 0 Å². The Kier molecular flexibility index (Phi) is 6.31. The lowest BCUT2D eigenvalue weighted by Gasteiger charge is -2.42. The van der Waals surface area contributed by atoms with Crippen molar-refractivity contribution in [3.05, 3.63) is 29.8 Å². The predicted octanol–water partition coefficient (Wildman–Crippen LogP) is 3.46. The van der Waals surface area contributed by atoms with Crippen molar-refractivity contribution in [1.82, 2.24) is 9.80 Å². The molecule has 0 aliphatic carbocycles. The van der Waals surface area contributed by atoms with E-state index in [0.29, 0.717) is 13.1 Å². The molecule has 1 unspecified atom stereocenters. The first-order valence-corrected chi connectivity index (χ1v) is 10.8. The Morgan fingerprint density at radius 3 is 2.39 bits per heavy atom. The van der Waals surface area contributed by atoms with Gasteiger partial charge in [-0.15, -0.1) is 0 Å². The van der Waals surface area contributed by atoms with Gasteiger partial charge in [-0.25, -0.2) is 0 Å². The lowest BCUT2D eigenvalue weighted by molar-refractivity contribution is -0.156. The van der Waals surface area contributed by atoms with Gasteiger partial charge in [0.1, 0.15) is 5.41 Å². The summed E-state index contributed by atoms with van der Waals surface area (Å²) in [6.07, 6.45) is 4.24. The van der Waals surface area contributed by atoms with Crippen molar-refractivity contribution in [2.45, 2.75) is 59.4 Å². The average molecular weight is 386 g/mol. The van der Waals surface area contributed by atoms with Crippen LogP contribution in [0.4, 0.5) is 5.69 Å². The van der Waals surface area contributed by atoms with Crippen molar-refractivity contribution in [1.29, 1.82) is 0 Å². The maximum absolute atomic E-state index is 13.3. The molecule has 2 saturated heterocycles. The zero-order valence-corrected chi connectivity index (χ0v) is 17.9. The number of amides is 2. The summed E-state index contributed by atoms with van der Waals surface area (Å²) >= 11 is 0. The first kappa shape index (κ1) is 20.7. The summed E-state index contributed by atoms with van der Waals surface area (Å²) in [4.78, 5) is 32.7. The van der Waals surface area contributed by atoms with Gasteiger partial charge < -0.3 is 14.7 Å². The topological polar surface area (TPSA) is 43.9 Å². The zero-order chi connectivity index (χ0) is 20.3. The molecule has 0 bridgehead atoms. The fraction of sp³-hybridized carbons (Fsp3) is 0.652. The Hall–Kier alpha value is -2.04. The van der Waals surface area contributed by atoms with Gasteiger partial charge in [-0.05, 0) is 64.2 Å². The molecule has 1 aromatic carbocycles. The van der Waals surface area contributed by atoms with E-state index in [-0.39, 0.29) is 17.9 Å². The number of benzene rings is 1. The van der Waals surface area contributed by atoms with Crippen LogP contribution in [0, 0.1) is 12.3 Å². The van der Waals surface area contributed by atoms with Gasteiger partial charge in [-0.3, -0.25) is 9.59 Å². The van der Waals surface area contributed by atoms with Gasteiger partial charge in [0.15, 0.2) is 0 Å². The summed E-state index contributed by atoms with van der Waals surface area (Å²) in [6, 6.07) is 8.77. The molecule has 2 aliphatic heterocycles. The number of aryl methyl sites for hydroxylation is 1. The Bertz CT molecular complexity index is 708. The molecule has 3 rings (SSSR count). The van der Waals surface area contributed by atoms with E-state index in [1.165, 1.54) is 17.7 Å². The second-order valence-corrected chi connectivity index (χ2v) is 8.80. The van der Waals surface area contributed by atoms with E-state index in [1.54, 1.807) is 0 Å².